The number of hydrogen-bond acceptors (Lipinski definition) is 4. The topological polar surface area (TPSA) is 82.1 Å². The molecule has 1 aliphatic heterocycles. The van der Waals surface area contributed by atoms with E-state index in [9.17, 15) is 14.4 Å². The average Bonchev–Trinajstić information content (AvgIpc) is 3.18. The molecule has 1 amide bonds. The molecule has 0 spiro atoms. The van der Waals surface area contributed by atoms with Gasteiger partial charge in [-0.1, -0.05) is 44.2 Å². The van der Waals surface area contributed by atoms with Crippen molar-refractivity contribution < 1.29 is 4.79 Å². The lowest BCUT2D eigenvalue weighted by Crippen LogP contribution is -2.48. The first-order valence-corrected chi connectivity index (χ1v) is 10.9. The fourth-order valence-electron chi connectivity index (χ4n) is 4.63. The smallest absolute Gasteiger partial charge is 0.333 e. The first-order chi connectivity index (χ1) is 14.9. The second-order valence-corrected chi connectivity index (χ2v) is 8.69. The van der Waals surface area contributed by atoms with Crippen LogP contribution in [0.3, 0.4) is 0 Å². The first kappa shape index (κ1) is 21.1. The lowest BCUT2D eigenvalue weighted by atomic mass is 9.92. The van der Waals surface area contributed by atoms with Gasteiger partial charge in [0.2, 0.25) is 5.91 Å². The van der Waals surface area contributed by atoms with Crippen LogP contribution in [0.2, 0.25) is 0 Å². The zero-order valence-electron chi connectivity index (χ0n) is 18.3. The van der Waals surface area contributed by atoms with Gasteiger partial charge in [-0.05, 0) is 30.7 Å². The highest BCUT2D eigenvalue weighted by molar-refractivity contribution is 5.77. The molecule has 0 N–H and O–H groups in total. The third-order valence-corrected chi connectivity index (χ3v) is 6.02. The van der Waals surface area contributed by atoms with E-state index in [4.69, 9.17) is 0 Å². The largest absolute Gasteiger partial charge is 0.341 e. The molecule has 3 heterocycles. The van der Waals surface area contributed by atoms with Gasteiger partial charge in [0.25, 0.3) is 5.56 Å². The lowest BCUT2D eigenvalue weighted by molar-refractivity contribution is -0.134. The van der Waals surface area contributed by atoms with Crippen LogP contribution in [0.5, 0.6) is 0 Å². The van der Waals surface area contributed by atoms with E-state index in [1.807, 2.05) is 37.3 Å². The van der Waals surface area contributed by atoms with Crippen LogP contribution in [0.15, 0.2) is 46.2 Å². The second kappa shape index (κ2) is 8.53. The van der Waals surface area contributed by atoms with Gasteiger partial charge in [-0.15, -0.1) is 0 Å². The molecule has 0 unspecified atom stereocenters. The van der Waals surface area contributed by atoms with Gasteiger partial charge < -0.3 is 9.47 Å². The summed E-state index contributed by atoms with van der Waals surface area (Å²) < 4.78 is 4.29. The minimum Gasteiger partial charge on any atom is -0.341 e. The number of aryl methyl sites for hydroxylation is 1. The fraction of sp³-hybridized carbons (Fsp3) is 0.478. The van der Waals surface area contributed by atoms with Gasteiger partial charge >= 0.3 is 5.69 Å². The van der Waals surface area contributed by atoms with Crippen LogP contribution in [0.25, 0.3) is 11.2 Å². The van der Waals surface area contributed by atoms with Crippen molar-refractivity contribution in [2.45, 2.75) is 46.8 Å². The summed E-state index contributed by atoms with van der Waals surface area (Å²) in [7, 11) is 0. The van der Waals surface area contributed by atoms with Crippen molar-refractivity contribution in [3.63, 3.8) is 0 Å². The van der Waals surface area contributed by atoms with E-state index < -0.39 is 11.2 Å². The minimum atomic E-state index is -0.505. The number of carbonyl (C=O) groups is 1. The quantitative estimate of drug-likeness (QED) is 0.628. The number of likely N-dealkylation sites (tertiary alicyclic amines) is 1. The van der Waals surface area contributed by atoms with E-state index in [2.05, 4.69) is 18.8 Å². The van der Waals surface area contributed by atoms with Gasteiger partial charge in [-0.3, -0.25) is 14.2 Å². The molecule has 1 saturated heterocycles. The monoisotopic (exact) mass is 423 g/mol. The molecule has 2 atom stereocenters. The van der Waals surface area contributed by atoms with Crippen molar-refractivity contribution in [3.8, 4) is 0 Å². The summed E-state index contributed by atoms with van der Waals surface area (Å²) >= 11 is 0. The molecule has 0 saturated carbocycles. The van der Waals surface area contributed by atoms with E-state index in [0.717, 1.165) is 16.6 Å². The Morgan fingerprint density at radius 3 is 2.39 bits per heavy atom. The van der Waals surface area contributed by atoms with Crippen molar-refractivity contribution in [1.29, 1.82) is 0 Å². The van der Waals surface area contributed by atoms with Crippen molar-refractivity contribution in [3.05, 3.63) is 63.1 Å². The first-order valence-electron chi connectivity index (χ1n) is 10.9. The highest BCUT2D eigenvalue weighted by atomic mass is 16.2. The molecule has 8 heteroatoms. The minimum absolute atomic E-state index is 0.189. The van der Waals surface area contributed by atoms with E-state index in [1.165, 1.54) is 4.57 Å². The summed E-state index contributed by atoms with van der Waals surface area (Å²) in [6.45, 7) is 8.06. The van der Waals surface area contributed by atoms with Crippen molar-refractivity contribution in [2.24, 2.45) is 11.8 Å². The van der Waals surface area contributed by atoms with Crippen LogP contribution < -0.4 is 11.2 Å². The highest BCUT2D eigenvalue weighted by Crippen LogP contribution is 2.21. The molecule has 31 heavy (non-hydrogen) atoms. The number of carbonyl (C=O) groups excluding carboxylic acids is 1. The highest BCUT2D eigenvalue weighted by Gasteiger charge is 2.27. The van der Waals surface area contributed by atoms with Crippen molar-refractivity contribution >= 4 is 17.1 Å². The molecule has 1 aromatic carbocycles. The van der Waals surface area contributed by atoms with Gasteiger partial charge in [0, 0.05) is 19.6 Å². The third kappa shape index (κ3) is 4.06. The number of nitrogens with zero attached hydrogens (tertiary/aromatic N) is 5. The third-order valence-electron chi connectivity index (χ3n) is 6.02. The van der Waals surface area contributed by atoms with Gasteiger partial charge in [-0.25, -0.2) is 14.3 Å². The van der Waals surface area contributed by atoms with Gasteiger partial charge in [0.05, 0.1) is 12.9 Å². The summed E-state index contributed by atoms with van der Waals surface area (Å²) in [6, 6.07) is 9.56. The van der Waals surface area contributed by atoms with E-state index in [1.54, 1.807) is 15.8 Å². The Hall–Kier alpha value is -3.16. The normalized spacial score (nSPS) is 19.1. The van der Waals surface area contributed by atoms with Gasteiger partial charge in [-0.2, -0.15) is 0 Å². The van der Waals surface area contributed by atoms with Gasteiger partial charge in [0.1, 0.15) is 6.54 Å². The number of fused-ring (bicyclic) bond motifs is 1. The Kier molecular flexibility index (Phi) is 5.80. The summed E-state index contributed by atoms with van der Waals surface area (Å²) in [5, 5.41) is 0. The number of piperidine rings is 1. The Labute approximate surface area is 180 Å². The maximum atomic E-state index is 13.4. The van der Waals surface area contributed by atoms with E-state index in [0.29, 0.717) is 42.6 Å². The Bertz CT molecular complexity index is 1200. The number of rotatable bonds is 5. The maximum absolute atomic E-state index is 13.4. The zero-order chi connectivity index (χ0) is 22.1. The molecule has 8 nitrogen and oxygen atoms in total. The Morgan fingerprint density at radius 2 is 1.74 bits per heavy atom. The molecule has 4 rings (SSSR count). The standard InChI is InChI=1S/C23H29N5O3/c1-4-25-15-24-21-20(25)22(30)28(14-19(29)26-11-16(2)10-17(3)12-26)23(31)27(21)13-18-8-6-5-7-9-18/h5-9,15-17H,4,10-14H2,1-3H3/t16-,17+. The summed E-state index contributed by atoms with van der Waals surface area (Å²) in [6.07, 6.45) is 2.66. The molecule has 3 aromatic rings. The van der Waals surface area contributed by atoms with Gasteiger partial charge in [0.15, 0.2) is 11.2 Å². The number of benzene rings is 1. The van der Waals surface area contributed by atoms with E-state index in [-0.39, 0.29) is 19.0 Å². The lowest BCUT2D eigenvalue weighted by Gasteiger charge is -2.35. The number of hydrogen-bond donors (Lipinski definition) is 0. The fourth-order valence-corrected chi connectivity index (χ4v) is 4.63. The predicted molar refractivity (Wildman–Crippen MR) is 119 cm³/mol. The van der Waals surface area contributed by atoms with Crippen LogP contribution in [-0.4, -0.2) is 42.6 Å². The Morgan fingerprint density at radius 1 is 1.06 bits per heavy atom. The number of amides is 1. The van der Waals surface area contributed by atoms with Crippen LogP contribution in [0.4, 0.5) is 0 Å². The number of imidazole rings is 1. The summed E-state index contributed by atoms with van der Waals surface area (Å²) in [5.41, 5.74) is 0.660. The predicted octanol–water partition coefficient (Wildman–Crippen LogP) is 1.93. The molecule has 1 fully saturated rings. The number of aromatic nitrogens is 4. The molecule has 0 radical (unpaired) electrons. The summed E-state index contributed by atoms with van der Waals surface area (Å²) in [5.74, 6) is 0.622. The van der Waals surface area contributed by atoms with Crippen LogP contribution in [-0.2, 0) is 24.4 Å². The summed E-state index contributed by atoms with van der Waals surface area (Å²) in [4.78, 5) is 45.8. The molecule has 0 bridgehead atoms. The SMILES string of the molecule is CCn1cnc2c1c(=O)n(CC(=O)N1C[C@H](C)C[C@H](C)C1)c(=O)n2Cc1ccccc1. The average molecular weight is 424 g/mol. The second-order valence-electron chi connectivity index (χ2n) is 8.69. The molecular weight excluding hydrogens is 394 g/mol. The molecule has 0 aliphatic carbocycles. The van der Waals surface area contributed by atoms with Crippen LogP contribution in [0, 0.1) is 11.8 Å². The van der Waals surface area contributed by atoms with Crippen molar-refractivity contribution in [2.75, 3.05) is 13.1 Å². The Balaban J connectivity index is 1.78. The molecular formula is C23H29N5O3. The van der Waals surface area contributed by atoms with Crippen molar-refractivity contribution in [1.82, 2.24) is 23.6 Å². The van der Waals surface area contributed by atoms with E-state index >= 15 is 0 Å². The van der Waals surface area contributed by atoms with Crippen LogP contribution >= 0.6 is 0 Å². The zero-order valence-corrected chi connectivity index (χ0v) is 18.3. The maximum Gasteiger partial charge on any atom is 0.333 e. The molecule has 164 valence electrons. The van der Waals surface area contributed by atoms with Crippen LogP contribution in [0.1, 0.15) is 32.8 Å². The molecule has 1 aliphatic rings. The molecule has 2 aromatic heterocycles.